The van der Waals surface area contributed by atoms with Gasteiger partial charge in [0.05, 0.1) is 10.6 Å². The first-order valence-electron chi connectivity index (χ1n) is 7.15. The number of benzene rings is 1. The van der Waals surface area contributed by atoms with E-state index in [1.807, 2.05) is 36.4 Å². The van der Waals surface area contributed by atoms with Crippen LogP contribution in [0.2, 0.25) is 0 Å². The number of carbonyl (C=O) groups is 1. The molecule has 0 saturated carbocycles. The highest BCUT2D eigenvalue weighted by atomic mass is 79.9. The standard InChI is InChI=1S/C17H11BrN4OS/c18-12-5-3-11(4-6-12)15-14(13-2-1-7-20-16(13)24-15)21-17(23)22-9-8-19-10-22/h1-10H,(H,21,23). The van der Waals surface area contributed by atoms with Crippen LogP contribution < -0.4 is 5.32 Å². The normalized spacial score (nSPS) is 10.9. The van der Waals surface area contributed by atoms with Crippen LogP contribution in [0, 0.1) is 0 Å². The number of carbonyl (C=O) groups excluding carboxylic acids is 1. The van der Waals surface area contributed by atoms with E-state index >= 15 is 0 Å². The molecule has 1 amide bonds. The zero-order valence-corrected chi connectivity index (χ0v) is 14.7. The summed E-state index contributed by atoms with van der Waals surface area (Å²) in [4.78, 5) is 22.6. The van der Waals surface area contributed by atoms with Crippen molar-refractivity contribution in [2.75, 3.05) is 5.32 Å². The molecule has 3 heterocycles. The summed E-state index contributed by atoms with van der Waals surface area (Å²) < 4.78 is 2.42. The van der Waals surface area contributed by atoms with Gasteiger partial charge in [-0.2, -0.15) is 0 Å². The van der Waals surface area contributed by atoms with Crippen molar-refractivity contribution in [1.29, 1.82) is 0 Å². The Labute approximate surface area is 150 Å². The fourth-order valence-corrected chi connectivity index (χ4v) is 3.78. The highest BCUT2D eigenvalue weighted by Gasteiger charge is 2.17. The molecule has 0 spiro atoms. The Morgan fingerprint density at radius 1 is 1.17 bits per heavy atom. The van der Waals surface area contributed by atoms with Crippen LogP contribution in [-0.4, -0.2) is 20.6 Å². The number of amides is 1. The maximum Gasteiger partial charge on any atom is 0.331 e. The molecule has 4 aromatic rings. The van der Waals surface area contributed by atoms with Crippen molar-refractivity contribution in [3.8, 4) is 10.4 Å². The number of fused-ring (bicyclic) bond motifs is 1. The van der Waals surface area contributed by atoms with Gasteiger partial charge < -0.3 is 5.32 Å². The fraction of sp³-hybridized carbons (Fsp3) is 0. The largest absolute Gasteiger partial charge is 0.331 e. The number of nitrogens with zero attached hydrogens (tertiary/aromatic N) is 3. The van der Waals surface area contributed by atoms with E-state index in [2.05, 4.69) is 31.2 Å². The molecule has 0 radical (unpaired) electrons. The third kappa shape index (κ3) is 2.72. The summed E-state index contributed by atoms with van der Waals surface area (Å²) in [6.07, 6.45) is 6.41. The quantitative estimate of drug-likeness (QED) is 0.516. The smallest absolute Gasteiger partial charge is 0.305 e. The summed E-state index contributed by atoms with van der Waals surface area (Å²) in [7, 11) is 0. The average Bonchev–Trinajstić information content (AvgIpc) is 3.24. The van der Waals surface area contributed by atoms with Crippen LogP contribution in [0.25, 0.3) is 20.7 Å². The van der Waals surface area contributed by atoms with Crippen LogP contribution in [0.15, 0.2) is 65.8 Å². The Hall–Kier alpha value is -2.51. The third-order valence-electron chi connectivity index (χ3n) is 3.54. The van der Waals surface area contributed by atoms with E-state index in [1.54, 1.807) is 29.9 Å². The minimum absolute atomic E-state index is 0.255. The van der Waals surface area contributed by atoms with E-state index in [0.717, 1.165) is 30.8 Å². The lowest BCUT2D eigenvalue weighted by Gasteiger charge is -2.08. The van der Waals surface area contributed by atoms with E-state index < -0.39 is 0 Å². The second kappa shape index (κ2) is 6.18. The average molecular weight is 399 g/mol. The minimum Gasteiger partial charge on any atom is -0.305 e. The Kier molecular flexibility index (Phi) is 3.87. The van der Waals surface area contributed by atoms with Crippen molar-refractivity contribution >= 4 is 49.2 Å². The maximum atomic E-state index is 12.4. The number of pyridine rings is 1. The summed E-state index contributed by atoms with van der Waals surface area (Å²) in [6.45, 7) is 0. The van der Waals surface area contributed by atoms with Gasteiger partial charge in [0.1, 0.15) is 11.2 Å². The second-order valence-electron chi connectivity index (χ2n) is 5.07. The summed E-state index contributed by atoms with van der Waals surface area (Å²) in [5.74, 6) is 0. The van der Waals surface area contributed by atoms with Crippen LogP contribution in [-0.2, 0) is 0 Å². The fourth-order valence-electron chi connectivity index (χ4n) is 2.41. The Morgan fingerprint density at radius 2 is 2.00 bits per heavy atom. The van der Waals surface area contributed by atoms with E-state index in [4.69, 9.17) is 0 Å². The van der Waals surface area contributed by atoms with Gasteiger partial charge in [0.25, 0.3) is 0 Å². The van der Waals surface area contributed by atoms with Crippen molar-refractivity contribution in [3.63, 3.8) is 0 Å². The highest BCUT2D eigenvalue weighted by molar-refractivity contribution is 9.10. The summed E-state index contributed by atoms with van der Waals surface area (Å²) in [5.41, 5.74) is 1.80. The van der Waals surface area contributed by atoms with Crippen LogP contribution in [0.4, 0.5) is 10.5 Å². The van der Waals surface area contributed by atoms with E-state index in [-0.39, 0.29) is 6.03 Å². The van der Waals surface area contributed by atoms with Gasteiger partial charge in [0, 0.05) is 28.4 Å². The molecule has 0 aliphatic heterocycles. The first-order valence-corrected chi connectivity index (χ1v) is 8.76. The molecule has 0 unspecified atom stereocenters. The molecular weight excluding hydrogens is 388 g/mol. The van der Waals surface area contributed by atoms with Crippen molar-refractivity contribution in [3.05, 3.63) is 65.8 Å². The van der Waals surface area contributed by atoms with Crippen LogP contribution in [0.1, 0.15) is 0 Å². The first kappa shape index (κ1) is 15.0. The van der Waals surface area contributed by atoms with Gasteiger partial charge in [-0.15, -0.1) is 11.3 Å². The molecule has 1 N–H and O–H groups in total. The monoisotopic (exact) mass is 398 g/mol. The number of hydrogen-bond acceptors (Lipinski definition) is 4. The minimum atomic E-state index is -0.255. The molecule has 4 rings (SSSR count). The number of thiophene rings is 1. The topological polar surface area (TPSA) is 59.8 Å². The maximum absolute atomic E-state index is 12.4. The molecule has 0 bridgehead atoms. The molecular formula is C17H11BrN4OS. The molecule has 3 aromatic heterocycles. The van der Waals surface area contributed by atoms with Crippen LogP contribution in [0.3, 0.4) is 0 Å². The van der Waals surface area contributed by atoms with E-state index in [1.165, 1.54) is 10.9 Å². The number of imidazole rings is 1. The molecule has 7 heteroatoms. The highest BCUT2D eigenvalue weighted by Crippen LogP contribution is 2.42. The van der Waals surface area contributed by atoms with E-state index in [0.29, 0.717) is 0 Å². The van der Waals surface area contributed by atoms with Gasteiger partial charge in [-0.3, -0.25) is 4.57 Å². The third-order valence-corrected chi connectivity index (χ3v) is 5.23. The molecule has 0 atom stereocenters. The molecule has 0 fully saturated rings. The van der Waals surface area contributed by atoms with Gasteiger partial charge in [0.15, 0.2) is 0 Å². The number of hydrogen-bond donors (Lipinski definition) is 1. The van der Waals surface area contributed by atoms with Crippen LogP contribution >= 0.6 is 27.3 Å². The van der Waals surface area contributed by atoms with Crippen molar-refractivity contribution < 1.29 is 4.79 Å². The molecule has 0 aliphatic carbocycles. The zero-order valence-electron chi connectivity index (χ0n) is 12.3. The summed E-state index contributed by atoms with van der Waals surface area (Å²) in [5, 5.41) is 3.92. The predicted molar refractivity (Wildman–Crippen MR) is 99.4 cm³/mol. The zero-order chi connectivity index (χ0) is 16.5. The van der Waals surface area contributed by atoms with Gasteiger partial charge in [-0.1, -0.05) is 28.1 Å². The van der Waals surface area contributed by atoms with Gasteiger partial charge in [-0.05, 0) is 29.8 Å². The van der Waals surface area contributed by atoms with E-state index in [9.17, 15) is 4.79 Å². The number of halogens is 1. The lowest BCUT2D eigenvalue weighted by atomic mass is 10.1. The molecule has 5 nitrogen and oxygen atoms in total. The lowest BCUT2D eigenvalue weighted by molar-refractivity contribution is 0.253. The molecule has 0 saturated heterocycles. The summed E-state index contributed by atoms with van der Waals surface area (Å²) in [6, 6.07) is 11.6. The number of anilines is 1. The molecule has 1 aromatic carbocycles. The Morgan fingerprint density at radius 3 is 2.75 bits per heavy atom. The predicted octanol–water partition coefficient (Wildman–Crippen LogP) is 5.00. The number of rotatable bonds is 2. The molecule has 118 valence electrons. The summed E-state index contributed by atoms with van der Waals surface area (Å²) >= 11 is 5.00. The SMILES string of the molecule is O=C(Nc1c(-c2ccc(Br)cc2)sc2ncccc12)n1ccnc1. The molecule has 24 heavy (non-hydrogen) atoms. The van der Waals surface area contributed by atoms with Gasteiger partial charge >= 0.3 is 6.03 Å². The van der Waals surface area contributed by atoms with Crippen molar-refractivity contribution in [1.82, 2.24) is 14.5 Å². The van der Waals surface area contributed by atoms with Crippen LogP contribution in [0.5, 0.6) is 0 Å². The second-order valence-corrected chi connectivity index (χ2v) is 6.98. The van der Waals surface area contributed by atoms with Crippen molar-refractivity contribution in [2.45, 2.75) is 0 Å². The first-order chi connectivity index (χ1) is 11.7. The lowest BCUT2D eigenvalue weighted by Crippen LogP contribution is -2.17. The van der Waals surface area contributed by atoms with Gasteiger partial charge in [-0.25, -0.2) is 14.8 Å². The van der Waals surface area contributed by atoms with Crippen molar-refractivity contribution in [2.24, 2.45) is 0 Å². The Balaban J connectivity index is 1.84. The number of aromatic nitrogens is 3. The Bertz CT molecular complexity index is 1010. The van der Waals surface area contributed by atoms with Gasteiger partial charge in [0.2, 0.25) is 0 Å². The molecule has 0 aliphatic rings. The number of nitrogens with one attached hydrogen (secondary N) is 1.